The van der Waals surface area contributed by atoms with Crippen molar-refractivity contribution < 1.29 is 75.4 Å². The molecular weight excluding hydrogens is 829 g/mol. The summed E-state index contributed by atoms with van der Waals surface area (Å²) in [6.45, 7) is 22.4. The Morgan fingerprint density at radius 1 is 0.600 bits per heavy atom. The van der Waals surface area contributed by atoms with Crippen LogP contribution in [-0.2, 0) is 59.3 Å². The monoisotopic (exact) mass is 876 g/mol. The van der Waals surface area contributed by atoms with Gasteiger partial charge in [-0.25, -0.2) is 6.07 Å². The molecule has 0 saturated heterocycles. The number of hydrogen-bond donors (Lipinski definition) is 0. The summed E-state index contributed by atoms with van der Waals surface area (Å²) in [5.74, 6) is 0. The molecule has 5 aromatic carbocycles. The van der Waals surface area contributed by atoms with E-state index in [1.165, 1.54) is 93.0 Å². The molecule has 0 radical (unpaired) electrons. The van der Waals surface area contributed by atoms with Crippen LogP contribution < -0.4 is 24.8 Å². The van der Waals surface area contributed by atoms with Gasteiger partial charge in [0.1, 0.15) is 0 Å². The predicted octanol–water partition coefficient (Wildman–Crippen LogP) is 7.65. The third-order valence-electron chi connectivity index (χ3n) is 8.31. The van der Waals surface area contributed by atoms with E-state index in [1.807, 2.05) is 0 Å². The molecular formula is C46H50Cl2F6Zr-6. The van der Waals surface area contributed by atoms with Crippen molar-refractivity contribution in [3.05, 3.63) is 160 Å². The van der Waals surface area contributed by atoms with Gasteiger partial charge in [-0.3, -0.25) is 0 Å². The number of alkyl halides is 6. The molecule has 1 aliphatic carbocycles. The fraction of sp³-hybridized carbons (Fsp3) is 0.348. The van der Waals surface area contributed by atoms with Crippen LogP contribution in [0, 0.1) is 25.1 Å². The second kappa shape index (κ2) is 21.6. The average molecular weight is 879 g/mol. The van der Waals surface area contributed by atoms with E-state index in [2.05, 4.69) is 140 Å². The van der Waals surface area contributed by atoms with Crippen molar-refractivity contribution in [1.82, 2.24) is 0 Å². The fourth-order valence-electron chi connectivity index (χ4n) is 5.20. The molecule has 0 N–H and O–H groups in total. The van der Waals surface area contributed by atoms with Crippen molar-refractivity contribution in [2.75, 3.05) is 0 Å². The minimum Gasteiger partial charge on any atom is -1.00 e. The first-order valence-corrected chi connectivity index (χ1v) is 19.0. The van der Waals surface area contributed by atoms with E-state index in [9.17, 15) is 26.3 Å². The molecule has 1 aliphatic rings. The van der Waals surface area contributed by atoms with Crippen LogP contribution in [0.3, 0.4) is 0 Å². The summed E-state index contributed by atoms with van der Waals surface area (Å²) < 4.78 is 73.9. The third kappa shape index (κ3) is 16.6. The summed E-state index contributed by atoms with van der Waals surface area (Å²) in [6, 6.07) is 35.8. The van der Waals surface area contributed by atoms with E-state index in [0.717, 1.165) is 30.7 Å². The van der Waals surface area contributed by atoms with Gasteiger partial charge in [0, 0.05) is 0 Å². The van der Waals surface area contributed by atoms with Crippen LogP contribution in [0.1, 0.15) is 107 Å². The van der Waals surface area contributed by atoms with Crippen molar-refractivity contribution in [2.24, 2.45) is 0 Å². The van der Waals surface area contributed by atoms with Crippen LogP contribution in [0.4, 0.5) is 26.3 Å². The van der Waals surface area contributed by atoms with Gasteiger partial charge in [-0.1, -0.05) is 110 Å². The van der Waals surface area contributed by atoms with Crippen molar-refractivity contribution in [3.63, 3.8) is 0 Å². The Bertz CT molecular complexity index is 1740. The maximum Gasteiger partial charge on any atom is -1.00 e. The van der Waals surface area contributed by atoms with Crippen LogP contribution in [0.15, 0.2) is 97.1 Å². The number of aryl methyl sites for hydroxylation is 1. The Hall–Kier alpha value is -2.86. The van der Waals surface area contributed by atoms with Gasteiger partial charge in [-0.05, 0) is 28.4 Å². The van der Waals surface area contributed by atoms with Gasteiger partial charge < -0.3 is 24.8 Å². The summed E-state index contributed by atoms with van der Waals surface area (Å²) in [4.78, 5) is 0. The smallest absolute Gasteiger partial charge is 1.00 e. The van der Waals surface area contributed by atoms with E-state index < -0.39 is 23.5 Å². The molecule has 0 bridgehead atoms. The van der Waals surface area contributed by atoms with Crippen molar-refractivity contribution >= 4 is 4.21 Å². The Balaban J connectivity index is 0.000000735. The van der Waals surface area contributed by atoms with Crippen molar-refractivity contribution in [2.45, 2.75) is 104 Å². The number of halogens is 8. The molecule has 6 rings (SSSR count). The molecule has 9 heteroatoms. The normalized spacial score (nSPS) is 11.8. The van der Waals surface area contributed by atoms with Crippen LogP contribution in [0.2, 0.25) is 0 Å². The van der Waals surface area contributed by atoms with Crippen molar-refractivity contribution in [3.8, 4) is 11.1 Å². The van der Waals surface area contributed by atoms with E-state index >= 15 is 0 Å². The van der Waals surface area contributed by atoms with Crippen LogP contribution >= 0.6 is 0 Å². The van der Waals surface area contributed by atoms with Gasteiger partial charge in [-0.15, -0.1) is 11.1 Å². The summed E-state index contributed by atoms with van der Waals surface area (Å²) in [6.07, 6.45) is -7.45. The molecule has 0 aliphatic heterocycles. The molecule has 300 valence electrons. The first-order chi connectivity index (χ1) is 24.4. The molecule has 5 aromatic rings. The number of fused-ring (bicyclic) bond motifs is 3. The van der Waals surface area contributed by atoms with Crippen LogP contribution in [-0.4, -0.2) is 4.21 Å². The quantitative estimate of drug-likeness (QED) is 0.109. The van der Waals surface area contributed by atoms with Gasteiger partial charge in [0.05, 0.1) is 0 Å². The zero-order chi connectivity index (χ0) is 40.4. The number of hydrogen-bond acceptors (Lipinski definition) is 0. The third-order valence-corrected chi connectivity index (χ3v) is 8.31. The summed E-state index contributed by atoms with van der Waals surface area (Å²) in [7, 11) is 0. The van der Waals surface area contributed by atoms with Gasteiger partial charge in [0.2, 0.25) is 0 Å². The maximum absolute atomic E-state index is 11.8. The molecule has 0 amide bonds. The SMILES string of the molecule is CC(C)(C)c1[c-]c2c(cc1)-c1ccc(C(C)(C)C)cc1C2.Cc1cc(C(C)(C)C)c[cH-]1.FC(F)(F)c1c[c-]ccc1.FC(F)(F)c1c[c-]ccc1.[CH2]=[Zr].[Cl-].[Cl-]. The summed E-state index contributed by atoms with van der Waals surface area (Å²) in [5, 5.41) is 0. The molecule has 0 aromatic heterocycles. The molecule has 0 atom stereocenters. The molecule has 0 unspecified atom stereocenters. The predicted molar refractivity (Wildman–Crippen MR) is 204 cm³/mol. The topological polar surface area (TPSA) is 0 Å². The van der Waals surface area contributed by atoms with Crippen LogP contribution in [0.25, 0.3) is 11.1 Å². The largest absolute Gasteiger partial charge is 1.00 e. The zero-order valence-corrected chi connectivity index (χ0v) is 37.1. The van der Waals surface area contributed by atoms with Gasteiger partial charge >= 0.3 is 40.8 Å². The van der Waals surface area contributed by atoms with Gasteiger partial charge in [-0.2, -0.15) is 134 Å². The van der Waals surface area contributed by atoms with E-state index in [0.29, 0.717) is 5.41 Å². The van der Waals surface area contributed by atoms with Gasteiger partial charge in [0.15, 0.2) is 0 Å². The molecule has 0 spiro atoms. The Kier molecular flexibility index (Phi) is 20.5. The Labute approximate surface area is 352 Å². The van der Waals surface area contributed by atoms with Crippen LogP contribution in [0.5, 0.6) is 0 Å². The van der Waals surface area contributed by atoms with E-state index in [4.69, 9.17) is 0 Å². The number of benzene rings is 4. The molecule has 0 heterocycles. The maximum atomic E-state index is 11.8. The molecule has 0 saturated carbocycles. The standard InChI is InChI=1S/C21H25.C10H15.2C7H4F3.CH2.2ClH.Zr/c1-20(2,3)16-7-9-18-14(12-16)11-15-13-17(21(4,5)6)8-10-19(15)18;1-8-5-6-9(7-8)10(2,3)4;2*8-7(9,10)6-4-2-1-3-5-6;;;;/h7-10,12H,11H2,1-6H3;5-7H,1-4H3;2*1-2,4-5H;1H2;2*1H;/q4*-1;;;;/p-2. The minimum atomic E-state index is -4.24. The van der Waals surface area contributed by atoms with E-state index in [-0.39, 0.29) is 35.6 Å². The van der Waals surface area contributed by atoms with Gasteiger partial charge in [0.25, 0.3) is 0 Å². The zero-order valence-electron chi connectivity index (χ0n) is 33.2. The average Bonchev–Trinajstić information content (AvgIpc) is 3.69. The molecule has 55 heavy (non-hydrogen) atoms. The minimum absolute atomic E-state index is 0. The first kappa shape index (κ1) is 52.1. The van der Waals surface area contributed by atoms with E-state index in [1.54, 1.807) is 0 Å². The fourth-order valence-corrected chi connectivity index (χ4v) is 5.20. The molecule has 0 fully saturated rings. The molecule has 0 nitrogen and oxygen atoms in total. The number of rotatable bonds is 0. The summed E-state index contributed by atoms with van der Waals surface area (Å²) >= 11 is 1.30. The second-order valence-corrected chi connectivity index (χ2v) is 15.8. The second-order valence-electron chi connectivity index (χ2n) is 15.8. The summed E-state index contributed by atoms with van der Waals surface area (Å²) in [5.41, 5.74) is 10.5. The Morgan fingerprint density at radius 2 is 1.07 bits per heavy atom. The Morgan fingerprint density at radius 3 is 1.40 bits per heavy atom. The van der Waals surface area contributed by atoms with Crippen molar-refractivity contribution in [1.29, 1.82) is 0 Å². The first-order valence-electron chi connectivity index (χ1n) is 17.2.